The third kappa shape index (κ3) is 7.32. The predicted molar refractivity (Wildman–Crippen MR) is 175 cm³/mol. The second kappa shape index (κ2) is 13.5. The molecule has 1 fully saturated rings. The number of halogens is 1. The molecule has 4 aromatic rings. The third-order valence-corrected chi connectivity index (χ3v) is 7.99. The Balaban J connectivity index is 1.66. The van der Waals surface area contributed by atoms with Crippen LogP contribution < -0.4 is 5.32 Å². The van der Waals surface area contributed by atoms with Gasteiger partial charge in [-0.1, -0.05) is 69.2 Å². The van der Waals surface area contributed by atoms with Gasteiger partial charge in [-0.3, -0.25) is 4.79 Å². The monoisotopic (exact) mass is 596 g/mol. The molecule has 0 saturated carbocycles. The van der Waals surface area contributed by atoms with Crippen molar-refractivity contribution < 1.29 is 23.7 Å². The van der Waals surface area contributed by atoms with Gasteiger partial charge in [0.15, 0.2) is 5.79 Å². The topological polar surface area (TPSA) is 72.7 Å². The summed E-state index contributed by atoms with van der Waals surface area (Å²) in [6.45, 7) is 9.89. The number of benzene rings is 3. The first-order valence-corrected chi connectivity index (χ1v) is 15.5. The molecule has 1 aromatic heterocycles. The van der Waals surface area contributed by atoms with Gasteiger partial charge in [0.1, 0.15) is 5.82 Å². The van der Waals surface area contributed by atoms with Crippen LogP contribution in [-0.2, 0) is 16.0 Å². The molecule has 0 aliphatic carbocycles. The van der Waals surface area contributed by atoms with Crippen molar-refractivity contribution in [3.8, 4) is 22.4 Å². The summed E-state index contributed by atoms with van der Waals surface area (Å²) in [5, 5.41) is 13.2. The summed E-state index contributed by atoms with van der Waals surface area (Å²) in [5.41, 5.74) is 5.64. The number of nitrogens with zero attached hydrogens (tertiary/aromatic N) is 1. The molecule has 5 rings (SSSR count). The highest BCUT2D eigenvalue weighted by Crippen LogP contribution is 2.43. The van der Waals surface area contributed by atoms with Crippen LogP contribution in [0.25, 0.3) is 22.4 Å². The van der Waals surface area contributed by atoms with Gasteiger partial charge in [0.25, 0.3) is 12.8 Å². The predicted octanol–water partition coefficient (Wildman–Crippen LogP) is 8.25. The maximum absolute atomic E-state index is 14.3. The number of hydrogen-bond acceptors (Lipinski definition) is 4. The van der Waals surface area contributed by atoms with Crippen LogP contribution in [0.1, 0.15) is 62.5 Å². The van der Waals surface area contributed by atoms with Crippen LogP contribution in [0, 0.1) is 5.82 Å². The molecule has 0 unspecified atom stereocenters. The molecule has 1 amide bonds. The molecule has 0 spiro atoms. The summed E-state index contributed by atoms with van der Waals surface area (Å²) in [4.78, 5) is 14.3. The molecule has 2 heterocycles. The number of carbonyl (C=O) groups excluding carboxylic acids is 1. The van der Waals surface area contributed by atoms with Crippen LogP contribution in [0.3, 0.4) is 0 Å². The van der Waals surface area contributed by atoms with E-state index >= 15 is 0 Å². The Labute approximate surface area is 260 Å². The highest BCUT2D eigenvalue weighted by atomic mass is 19.1. The van der Waals surface area contributed by atoms with Crippen molar-refractivity contribution >= 4 is 18.5 Å². The third-order valence-electron chi connectivity index (χ3n) is 7.99. The van der Waals surface area contributed by atoms with Crippen LogP contribution in [0.15, 0.2) is 84.9 Å². The summed E-state index contributed by atoms with van der Waals surface area (Å²) < 4.78 is 28.9. The summed E-state index contributed by atoms with van der Waals surface area (Å²) in [7, 11) is 0. The molecular weight excluding hydrogens is 554 g/mol. The van der Waals surface area contributed by atoms with Crippen molar-refractivity contribution in [2.75, 3.05) is 5.32 Å². The minimum absolute atomic E-state index is 0.00165. The van der Waals surface area contributed by atoms with Gasteiger partial charge in [-0.2, -0.15) is 0 Å². The Morgan fingerprint density at radius 1 is 0.977 bits per heavy atom. The summed E-state index contributed by atoms with van der Waals surface area (Å²) in [5.74, 6) is -1.30. The van der Waals surface area contributed by atoms with Gasteiger partial charge in [-0.05, 0) is 86.5 Å². The first kappa shape index (κ1) is 31.7. The van der Waals surface area contributed by atoms with Gasteiger partial charge in [-0.25, -0.2) is 4.39 Å². The lowest BCUT2D eigenvalue weighted by Gasteiger charge is -2.41. The molecule has 8 heteroatoms. The highest BCUT2D eigenvalue weighted by Gasteiger charge is 2.37. The summed E-state index contributed by atoms with van der Waals surface area (Å²) in [6.07, 6.45) is 1.62. The SMILES string of the molecule is CB(O)C[C@H]1C[C@@H](CCn2c(-c3ccc(F)cc3)c(-c3ccccc3)c(C(=O)Nc3ccccc3)c2C(C)C)OC(C)(C)O1. The lowest BCUT2D eigenvalue weighted by Crippen LogP contribution is -2.45. The Kier molecular flexibility index (Phi) is 9.73. The van der Waals surface area contributed by atoms with Crippen molar-refractivity contribution in [1.29, 1.82) is 0 Å². The van der Waals surface area contributed by atoms with Crippen LogP contribution in [0.2, 0.25) is 13.1 Å². The standard InChI is InChI=1S/C36H42BFN2O4/c1-24(2)33-32(35(41)39-28-14-10-7-11-15-28)31(25-12-8-6-9-13-25)34(26-16-18-27(38)19-17-26)40(33)21-20-29-22-30(23-37(5)42)44-36(3,4)43-29/h6-19,24,29-30,42H,20-23H2,1-5H3,(H,39,41)/t29-,30-/m1/s1. The number of amides is 1. The number of hydrogen-bond donors (Lipinski definition) is 2. The molecule has 44 heavy (non-hydrogen) atoms. The van der Waals surface area contributed by atoms with E-state index < -0.39 is 12.7 Å². The molecule has 1 saturated heterocycles. The maximum Gasteiger partial charge on any atom is 0.288 e. The van der Waals surface area contributed by atoms with Crippen molar-refractivity contribution in [2.24, 2.45) is 0 Å². The zero-order valence-electron chi connectivity index (χ0n) is 26.2. The van der Waals surface area contributed by atoms with Crippen LogP contribution in [-0.4, -0.2) is 40.4 Å². The quantitative estimate of drug-likeness (QED) is 0.181. The van der Waals surface area contributed by atoms with Crippen molar-refractivity contribution in [1.82, 2.24) is 4.57 Å². The van der Waals surface area contributed by atoms with Gasteiger partial charge in [-0.15, -0.1) is 0 Å². The van der Waals surface area contributed by atoms with Crippen molar-refractivity contribution in [2.45, 2.75) is 84.1 Å². The van der Waals surface area contributed by atoms with Crippen LogP contribution in [0.4, 0.5) is 10.1 Å². The molecule has 230 valence electrons. The van der Waals surface area contributed by atoms with E-state index in [4.69, 9.17) is 9.47 Å². The number of para-hydroxylation sites is 1. The Morgan fingerprint density at radius 3 is 2.20 bits per heavy atom. The number of anilines is 1. The summed E-state index contributed by atoms with van der Waals surface area (Å²) in [6, 6.07) is 25.9. The molecule has 2 N–H and O–H groups in total. The summed E-state index contributed by atoms with van der Waals surface area (Å²) >= 11 is 0. The average Bonchev–Trinajstić information content (AvgIpc) is 3.32. The smallest absolute Gasteiger partial charge is 0.288 e. The van der Waals surface area contributed by atoms with E-state index in [1.807, 2.05) is 74.5 Å². The van der Waals surface area contributed by atoms with E-state index in [0.29, 0.717) is 37.0 Å². The second-order valence-corrected chi connectivity index (χ2v) is 12.5. The second-order valence-electron chi connectivity index (χ2n) is 12.5. The lowest BCUT2D eigenvalue weighted by molar-refractivity contribution is -0.297. The van der Waals surface area contributed by atoms with Gasteiger partial charge in [0.2, 0.25) is 0 Å². The lowest BCUT2D eigenvalue weighted by atomic mass is 9.65. The van der Waals surface area contributed by atoms with Gasteiger partial charge in [0, 0.05) is 23.5 Å². The van der Waals surface area contributed by atoms with Gasteiger partial charge in [0.05, 0.1) is 23.5 Å². The fraction of sp³-hybridized carbons (Fsp3) is 0.361. The highest BCUT2D eigenvalue weighted by molar-refractivity contribution is 6.48. The number of aromatic nitrogens is 1. The van der Waals surface area contributed by atoms with Crippen molar-refractivity contribution in [3.63, 3.8) is 0 Å². The van der Waals surface area contributed by atoms with Crippen LogP contribution >= 0.6 is 0 Å². The van der Waals surface area contributed by atoms with Crippen LogP contribution in [0.5, 0.6) is 0 Å². The van der Waals surface area contributed by atoms with E-state index in [0.717, 1.165) is 28.1 Å². The van der Waals surface area contributed by atoms with Gasteiger partial charge >= 0.3 is 0 Å². The number of ether oxygens (including phenoxy) is 2. The Hall–Kier alpha value is -3.72. The number of carbonyl (C=O) groups is 1. The normalized spacial score (nSPS) is 17.9. The van der Waals surface area contributed by atoms with Gasteiger partial charge < -0.3 is 24.4 Å². The minimum atomic E-state index is -0.782. The molecule has 1 aliphatic heterocycles. The van der Waals surface area contributed by atoms with E-state index in [1.165, 1.54) is 12.1 Å². The fourth-order valence-corrected chi connectivity index (χ4v) is 6.40. The molecule has 6 nitrogen and oxygen atoms in total. The Morgan fingerprint density at radius 2 is 1.59 bits per heavy atom. The number of rotatable bonds is 10. The van der Waals surface area contributed by atoms with Crippen molar-refractivity contribution in [3.05, 3.63) is 102 Å². The van der Waals surface area contributed by atoms with E-state index in [9.17, 15) is 14.2 Å². The van der Waals surface area contributed by atoms with E-state index in [2.05, 4.69) is 23.7 Å². The first-order valence-electron chi connectivity index (χ1n) is 15.5. The van der Waals surface area contributed by atoms with E-state index in [1.54, 1.807) is 19.0 Å². The molecular formula is C36H42BFN2O4. The zero-order chi connectivity index (χ0) is 31.4. The average molecular weight is 597 g/mol. The number of nitrogens with one attached hydrogen (secondary N) is 1. The first-order chi connectivity index (χ1) is 21.0. The molecule has 3 aromatic carbocycles. The molecule has 0 bridgehead atoms. The largest absolute Gasteiger partial charge is 0.451 e. The maximum atomic E-state index is 14.3. The molecule has 2 atom stereocenters. The molecule has 1 aliphatic rings. The minimum Gasteiger partial charge on any atom is -0.451 e. The van der Waals surface area contributed by atoms with E-state index in [-0.39, 0.29) is 29.9 Å². The Bertz CT molecular complexity index is 1550. The zero-order valence-corrected chi connectivity index (χ0v) is 26.2. The molecule has 0 radical (unpaired) electrons. The fourth-order valence-electron chi connectivity index (χ4n) is 6.40.